The highest BCUT2D eigenvalue weighted by Crippen LogP contribution is 2.45. The molecule has 0 radical (unpaired) electrons. The fourth-order valence-electron chi connectivity index (χ4n) is 13.7. The van der Waals surface area contributed by atoms with Crippen LogP contribution in [0.3, 0.4) is 0 Å². The predicted molar refractivity (Wildman–Crippen MR) is 437 cm³/mol. The van der Waals surface area contributed by atoms with Crippen LogP contribution in [-0.4, -0.2) is 96.7 Å². The zero-order valence-electron chi connectivity index (χ0n) is 69.4. The number of ether oxygens (including phenoxy) is 4. The van der Waals surface area contributed by atoms with Gasteiger partial charge in [-0.2, -0.15) is 0 Å². The number of phosphoric ester groups is 2. The molecule has 3 N–H and O–H groups in total. The Morgan fingerprint density at radius 2 is 0.377 bits per heavy atom. The largest absolute Gasteiger partial charge is 0.472 e. The average Bonchev–Trinajstić information content (AvgIpc) is 0.901. The lowest BCUT2D eigenvalue weighted by molar-refractivity contribution is -0.161. The minimum Gasteiger partial charge on any atom is -0.462 e. The van der Waals surface area contributed by atoms with E-state index in [2.05, 4.69) is 27.7 Å². The molecule has 630 valence electrons. The van der Waals surface area contributed by atoms with Crippen molar-refractivity contribution in [3.63, 3.8) is 0 Å². The highest BCUT2D eigenvalue weighted by atomic mass is 31.2. The third-order valence-corrected chi connectivity index (χ3v) is 22.5. The van der Waals surface area contributed by atoms with Crippen LogP contribution in [0.15, 0.2) is 0 Å². The summed E-state index contributed by atoms with van der Waals surface area (Å²) in [6.45, 7) is 5.08. The van der Waals surface area contributed by atoms with Crippen LogP contribution in [0.25, 0.3) is 0 Å². The summed E-state index contributed by atoms with van der Waals surface area (Å²) in [6.07, 6.45) is 76.2. The number of carbonyl (C=O) groups excluding carboxylic acids is 4. The van der Waals surface area contributed by atoms with Crippen LogP contribution in [0.1, 0.15) is 477 Å². The Morgan fingerprint density at radius 3 is 0.557 bits per heavy atom. The van der Waals surface area contributed by atoms with Gasteiger partial charge < -0.3 is 33.8 Å². The molecule has 0 aliphatic heterocycles. The molecule has 0 aliphatic carbocycles. The van der Waals surface area contributed by atoms with Crippen LogP contribution in [-0.2, 0) is 65.4 Å². The Bertz CT molecular complexity index is 2000. The van der Waals surface area contributed by atoms with Crippen molar-refractivity contribution in [2.45, 2.75) is 495 Å². The number of unbranched alkanes of at least 4 members (excludes halogenated alkanes) is 62. The number of esters is 4. The normalized spacial score (nSPS) is 13.7. The summed E-state index contributed by atoms with van der Waals surface area (Å²) in [4.78, 5) is 73.3. The molecule has 0 aromatic carbocycles. The van der Waals surface area contributed by atoms with Gasteiger partial charge in [0.15, 0.2) is 12.2 Å². The van der Waals surface area contributed by atoms with Crippen LogP contribution in [0.2, 0.25) is 0 Å². The molecule has 19 heteroatoms. The van der Waals surface area contributed by atoms with Gasteiger partial charge in [0.2, 0.25) is 0 Å². The maximum absolute atomic E-state index is 13.2. The summed E-state index contributed by atoms with van der Waals surface area (Å²) in [7, 11) is -9.93. The van der Waals surface area contributed by atoms with E-state index in [-0.39, 0.29) is 25.7 Å². The van der Waals surface area contributed by atoms with Crippen molar-refractivity contribution < 1.29 is 80.2 Å². The fraction of sp³-hybridized carbons (Fsp3) is 0.954. The number of aliphatic hydroxyl groups excluding tert-OH is 1. The highest BCUT2D eigenvalue weighted by molar-refractivity contribution is 7.47. The summed E-state index contributed by atoms with van der Waals surface area (Å²) in [5.74, 6) is -2.09. The summed E-state index contributed by atoms with van der Waals surface area (Å²) >= 11 is 0. The topological polar surface area (TPSA) is 237 Å². The summed E-state index contributed by atoms with van der Waals surface area (Å²) in [5, 5.41) is 10.7. The van der Waals surface area contributed by atoms with Gasteiger partial charge in [-0.25, -0.2) is 9.13 Å². The van der Waals surface area contributed by atoms with Gasteiger partial charge in [-0.3, -0.25) is 37.3 Å². The van der Waals surface area contributed by atoms with E-state index < -0.39 is 97.5 Å². The molecular weight excluding hydrogens is 1380 g/mol. The van der Waals surface area contributed by atoms with Crippen LogP contribution in [0, 0.1) is 0 Å². The Morgan fingerprint density at radius 1 is 0.226 bits per heavy atom. The molecule has 0 amide bonds. The molecule has 17 nitrogen and oxygen atoms in total. The molecule has 0 heterocycles. The third kappa shape index (κ3) is 80.1. The average molecular weight is 1550 g/mol. The second kappa shape index (κ2) is 81.1. The van der Waals surface area contributed by atoms with Crippen molar-refractivity contribution >= 4 is 39.5 Å². The lowest BCUT2D eigenvalue weighted by Gasteiger charge is -2.21. The summed E-state index contributed by atoms with van der Waals surface area (Å²) in [5.41, 5.74) is 0. The first kappa shape index (κ1) is 104. The van der Waals surface area contributed by atoms with Crippen LogP contribution in [0.5, 0.6) is 0 Å². The lowest BCUT2D eigenvalue weighted by Crippen LogP contribution is -2.30. The fourth-order valence-corrected chi connectivity index (χ4v) is 15.3. The van der Waals surface area contributed by atoms with E-state index in [9.17, 15) is 43.2 Å². The summed E-state index contributed by atoms with van der Waals surface area (Å²) < 4.78 is 69.0. The van der Waals surface area contributed by atoms with E-state index in [1.165, 1.54) is 308 Å². The van der Waals surface area contributed by atoms with Crippen molar-refractivity contribution in [3.05, 3.63) is 0 Å². The molecule has 0 aromatic rings. The van der Waals surface area contributed by atoms with Gasteiger partial charge in [-0.05, 0) is 25.7 Å². The van der Waals surface area contributed by atoms with E-state index >= 15 is 0 Å². The Hall–Kier alpha value is -1.94. The third-order valence-electron chi connectivity index (χ3n) is 20.6. The Labute approximate surface area is 651 Å². The molecular formula is C87H170O17P2. The van der Waals surface area contributed by atoms with Gasteiger partial charge in [0.1, 0.15) is 19.3 Å². The molecule has 0 saturated heterocycles. The molecule has 0 aliphatic rings. The molecule has 0 bridgehead atoms. The van der Waals surface area contributed by atoms with Crippen LogP contribution >= 0.6 is 15.6 Å². The zero-order chi connectivity index (χ0) is 77.4. The van der Waals surface area contributed by atoms with Crippen LogP contribution < -0.4 is 0 Å². The molecule has 0 fully saturated rings. The number of rotatable bonds is 88. The van der Waals surface area contributed by atoms with Gasteiger partial charge in [0.05, 0.1) is 26.4 Å². The SMILES string of the molecule is CCCCCCCCCCCCCCCCCCCC(=O)OC[C@H](COP(=O)(O)OC[C@H](O)COP(=O)(O)OC[C@@H](COC(=O)CCCCCCCCCCCCCCCCCCC)OC(=O)CCCCCCCCCCCCCCCCCCC)OC(=O)CCCCCCCCCCCCCCCCC. The minimum atomic E-state index is -4.96. The lowest BCUT2D eigenvalue weighted by atomic mass is 10.0. The van der Waals surface area contributed by atoms with Gasteiger partial charge >= 0.3 is 39.5 Å². The van der Waals surface area contributed by atoms with Crippen molar-refractivity contribution in [1.29, 1.82) is 0 Å². The first-order chi connectivity index (χ1) is 51.7. The number of phosphoric acid groups is 2. The zero-order valence-corrected chi connectivity index (χ0v) is 71.2. The maximum atomic E-state index is 13.2. The molecule has 0 rings (SSSR count). The van der Waals surface area contributed by atoms with E-state index in [1.807, 2.05) is 0 Å². The number of aliphatic hydroxyl groups is 1. The first-order valence-electron chi connectivity index (χ1n) is 45.3. The second-order valence-electron chi connectivity index (χ2n) is 31.3. The van der Waals surface area contributed by atoms with Gasteiger partial charge in [0.25, 0.3) is 0 Å². The van der Waals surface area contributed by atoms with Crippen LogP contribution in [0.4, 0.5) is 0 Å². The molecule has 0 aromatic heterocycles. The monoisotopic (exact) mass is 1550 g/mol. The van der Waals surface area contributed by atoms with Crippen molar-refractivity contribution in [2.75, 3.05) is 39.6 Å². The van der Waals surface area contributed by atoms with Gasteiger partial charge in [0, 0.05) is 25.7 Å². The number of hydrogen-bond acceptors (Lipinski definition) is 15. The predicted octanol–water partition coefficient (Wildman–Crippen LogP) is 26.9. The van der Waals surface area contributed by atoms with Gasteiger partial charge in [-0.1, -0.05) is 426 Å². The number of hydrogen-bond donors (Lipinski definition) is 3. The maximum Gasteiger partial charge on any atom is 0.472 e. The standard InChI is InChI=1S/C87H170O17P2/c1-5-9-13-17-21-25-29-33-37-40-44-47-51-55-59-63-67-71-84(89)97-77-82(103-86(91)73-69-65-61-57-53-49-43-36-32-28-24-20-16-12-8-4)79-101-105(93,94)99-75-81(88)76-100-106(95,96)102-80-83(104-87(92)74-70-66-62-58-54-50-46-42-39-35-31-27-23-19-15-11-7-3)78-98-85(90)72-68-64-60-56-52-48-45-41-38-34-30-26-22-18-14-10-6-2/h81-83,88H,5-80H2,1-4H3,(H,93,94)(H,95,96)/t81-,82+,83+/m0/s1. The molecule has 0 spiro atoms. The summed E-state index contributed by atoms with van der Waals surface area (Å²) in [6, 6.07) is 0. The Balaban J connectivity index is 5.27. The highest BCUT2D eigenvalue weighted by Gasteiger charge is 2.30. The van der Waals surface area contributed by atoms with Crippen molar-refractivity contribution in [3.8, 4) is 0 Å². The molecule has 5 atom stereocenters. The second-order valence-corrected chi connectivity index (χ2v) is 34.2. The molecule has 2 unspecified atom stereocenters. The van der Waals surface area contributed by atoms with E-state index in [1.54, 1.807) is 0 Å². The minimum absolute atomic E-state index is 0.110. The Kier molecular flexibility index (Phi) is 79.6. The quantitative estimate of drug-likeness (QED) is 0.0222. The molecule has 0 saturated carbocycles. The van der Waals surface area contributed by atoms with E-state index in [0.717, 1.165) is 89.9 Å². The van der Waals surface area contributed by atoms with E-state index in [4.69, 9.17) is 37.0 Å². The van der Waals surface area contributed by atoms with E-state index in [0.29, 0.717) is 25.7 Å². The number of carbonyl (C=O) groups is 4. The van der Waals surface area contributed by atoms with Gasteiger partial charge in [-0.15, -0.1) is 0 Å². The molecule has 106 heavy (non-hydrogen) atoms. The van der Waals surface area contributed by atoms with Crippen molar-refractivity contribution in [2.24, 2.45) is 0 Å². The first-order valence-corrected chi connectivity index (χ1v) is 48.3. The van der Waals surface area contributed by atoms with Crippen molar-refractivity contribution in [1.82, 2.24) is 0 Å². The smallest absolute Gasteiger partial charge is 0.462 e.